The van der Waals surface area contributed by atoms with Gasteiger partial charge in [-0.1, -0.05) is 29.7 Å². The second-order valence-corrected chi connectivity index (χ2v) is 18.8. The minimum absolute atomic E-state index is 0. The number of primary amides is 4. The lowest BCUT2D eigenvalue weighted by atomic mass is 10.1. The average Bonchev–Trinajstić information content (AvgIpc) is 2.06. The summed E-state index contributed by atoms with van der Waals surface area (Å²) in [5.41, 5.74) is 23.1. The molecule has 1 unspecified atom stereocenters. The first-order valence-electron chi connectivity index (χ1n) is 23.5. The minimum atomic E-state index is -5.04. The molecule has 490 valence electrons. The number of nitrogens with zero attached hydrogens (tertiary/aromatic N) is 8. The normalized spacial score (nSPS) is 28.6. The SMILES string of the molecule is C.C.C.C.C[C@H]1O[C@@H](n2cnc(C(N)=O)c2[O-])[C@H](O)[C@@H]1O.NC(=O)c1ncn([C@@H]2O[C@H](CO)[C@@H](O)[C@H]2O)c1[O-].NC(=O)c1ncn([C@@H]2O[C@H](COP(=O)([O-])O)[C@@H](O)[C@H]2O)c1[O-].NCCCNC(=O)OC[C@H]1O[C@@H](n2cnc(C(N)=O)c2[O-])[C@H](O)[C@@H]1O. The van der Waals surface area contributed by atoms with Crippen LogP contribution in [-0.4, -0.2) is 225 Å². The molecule has 0 aromatic carbocycles. The molecule has 4 aliphatic heterocycles. The first-order valence-corrected chi connectivity index (χ1v) is 25.0. The van der Waals surface area contributed by atoms with Gasteiger partial charge in [0.15, 0.2) is 24.9 Å². The van der Waals surface area contributed by atoms with E-state index in [9.17, 15) is 94.7 Å². The van der Waals surface area contributed by atoms with E-state index in [0.717, 1.165) is 43.6 Å². The number of hydrogen-bond acceptors (Lipinski definition) is 31. The number of aliphatic hydroxyl groups is 9. The summed E-state index contributed by atoms with van der Waals surface area (Å²) in [6, 6.07) is 0. The number of aromatic nitrogens is 8. The Balaban J connectivity index is 0.000000570. The summed E-state index contributed by atoms with van der Waals surface area (Å²) in [6.07, 6.45) is -16.5. The fraction of sp³-hybridized carbons (Fsp3) is 0.614. The smallest absolute Gasteiger partial charge is 0.407 e. The molecule has 8 rings (SSSR count). The predicted molar refractivity (Wildman–Crippen MR) is 273 cm³/mol. The van der Waals surface area contributed by atoms with Gasteiger partial charge in [0.25, 0.3) is 31.5 Å². The van der Waals surface area contributed by atoms with E-state index < -0.39 is 195 Å². The molecule has 4 aliphatic rings. The summed E-state index contributed by atoms with van der Waals surface area (Å²) >= 11 is 0. The molecule has 0 aliphatic carbocycles. The topological polar surface area (TPSA) is 689 Å². The van der Waals surface area contributed by atoms with Gasteiger partial charge in [-0.25, -0.2) is 24.7 Å². The summed E-state index contributed by atoms with van der Waals surface area (Å²) in [7, 11) is -5.04. The van der Waals surface area contributed by atoms with Gasteiger partial charge in [0.1, 0.15) is 96.5 Å². The van der Waals surface area contributed by atoms with Gasteiger partial charge < -0.3 is 157 Å². The van der Waals surface area contributed by atoms with Crippen molar-refractivity contribution in [2.75, 3.05) is 32.9 Å². The van der Waals surface area contributed by atoms with Gasteiger partial charge in [-0.2, -0.15) is 0 Å². The van der Waals surface area contributed by atoms with Crippen molar-refractivity contribution in [1.29, 1.82) is 0 Å². The number of imidazole rings is 4. The number of alkyl carbamates (subject to hydrolysis) is 1. The van der Waals surface area contributed by atoms with Gasteiger partial charge in [-0.15, -0.1) is 0 Å². The Labute approximate surface area is 487 Å². The number of hydrogen-bond donors (Lipinski definition) is 16. The lowest BCUT2D eigenvalue weighted by Gasteiger charge is -2.22. The number of rotatable bonds is 17. The number of ether oxygens (including phenoxy) is 5. The number of nitrogens with one attached hydrogen (secondary N) is 1. The Morgan fingerprint density at radius 3 is 1.13 bits per heavy atom. The fourth-order valence-corrected chi connectivity index (χ4v) is 8.17. The van der Waals surface area contributed by atoms with E-state index in [0.29, 0.717) is 19.5 Å². The molecule has 4 aromatic rings. The van der Waals surface area contributed by atoms with Crippen LogP contribution in [0.5, 0.6) is 23.5 Å². The van der Waals surface area contributed by atoms with Gasteiger partial charge in [0.2, 0.25) is 0 Å². The Bertz CT molecular complexity index is 2900. The van der Waals surface area contributed by atoms with Crippen LogP contribution in [0.2, 0.25) is 0 Å². The fourth-order valence-electron chi connectivity index (χ4n) is 7.83. The van der Waals surface area contributed by atoms with Gasteiger partial charge >= 0.3 is 6.09 Å². The molecular weight excluding hydrogens is 1190 g/mol. The molecule has 4 saturated heterocycles. The Hall–Kier alpha value is -7.26. The Morgan fingerprint density at radius 2 is 0.860 bits per heavy atom. The zero-order valence-corrected chi connectivity index (χ0v) is 43.0. The predicted octanol–water partition coefficient (Wildman–Crippen LogP) is -10.2. The third-order valence-corrected chi connectivity index (χ3v) is 12.6. The molecule has 0 saturated carbocycles. The summed E-state index contributed by atoms with van der Waals surface area (Å²) in [5, 5.41) is 137. The van der Waals surface area contributed by atoms with Crippen LogP contribution in [0.3, 0.4) is 0 Å². The van der Waals surface area contributed by atoms with Gasteiger partial charge in [-0.3, -0.25) is 23.7 Å². The average molecular weight is 1260 g/mol. The molecule has 5 amide bonds. The molecule has 4 aromatic heterocycles. The van der Waals surface area contributed by atoms with Gasteiger partial charge in [0.05, 0.1) is 44.6 Å². The largest absolute Gasteiger partial charge is 0.858 e. The Morgan fingerprint density at radius 1 is 0.558 bits per heavy atom. The van der Waals surface area contributed by atoms with Crippen LogP contribution in [0.4, 0.5) is 4.79 Å². The first-order chi connectivity index (χ1) is 38.4. The molecule has 41 nitrogen and oxygen atoms in total. The molecular formula is C44H72N14O27P-5. The molecule has 0 bridgehead atoms. The van der Waals surface area contributed by atoms with E-state index in [4.69, 9.17) is 62.4 Å². The first kappa shape index (κ1) is 76.8. The molecule has 0 radical (unpaired) electrons. The van der Waals surface area contributed by atoms with E-state index in [1.54, 1.807) is 6.92 Å². The summed E-state index contributed by atoms with van der Waals surface area (Å²) < 4.78 is 43.6. The van der Waals surface area contributed by atoms with Crippen LogP contribution in [0.1, 0.15) is 110 Å². The lowest BCUT2D eigenvalue weighted by Crippen LogP contribution is -2.36. The third-order valence-electron chi connectivity index (χ3n) is 12.1. The van der Waals surface area contributed by atoms with Crippen molar-refractivity contribution in [1.82, 2.24) is 43.5 Å². The van der Waals surface area contributed by atoms with Crippen LogP contribution in [0.15, 0.2) is 25.3 Å². The highest BCUT2D eigenvalue weighted by atomic mass is 31.2. The van der Waals surface area contributed by atoms with E-state index in [-0.39, 0.29) is 36.3 Å². The third kappa shape index (κ3) is 17.5. The van der Waals surface area contributed by atoms with Gasteiger partial charge in [0, 0.05) is 6.54 Å². The highest BCUT2D eigenvalue weighted by Gasteiger charge is 2.47. The minimum Gasteiger partial charge on any atom is -0.858 e. The number of aliphatic hydroxyl groups excluding tert-OH is 9. The van der Waals surface area contributed by atoms with E-state index in [2.05, 4.69) is 29.8 Å². The number of phosphoric ester groups is 1. The van der Waals surface area contributed by atoms with Crippen molar-refractivity contribution >= 4 is 37.5 Å². The summed E-state index contributed by atoms with van der Waals surface area (Å²) in [6.45, 7) is 0.657. The van der Waals surface area contributed by atoms with Crippen molar-refractivity contribution in [3.05, 3.63) is 48.1 Å². The summed E-state index contributed by atoms with van der Waals surface area (Å²) in [5.74, 6) is -7.41. The quantitative estimate of drug-likeness (QED) is 0.0345. The van der Waals surface area contributed by atoms with E-state index in [1.165, 1.54) is 0 Å². The number of carbonyl (C=O) groups excluding carboxylic acids is 5. The second kappa shape index (κ2) is 32.5. The standard InChI is InChI=1S/C13H21N5O7.C9H14N3O9P.C9H13N3O6.C9H13N3O5.4CH4/c14-2-1-3-16-13(23)24-4-6-8(19)9(20)12(25-6)18-5-17-7(10(15)21)11(18)22;10-7(15)4-8(16)12(2-11-4)9-6(14)5(13)3(21-9)1-20-22(17,18)19;10-7(16)4-8(17)12(2-11-4)9-6(15)5(14)3(1-13)18-9;1-3-5(13)6(14)9(17-3)12-2-11-4(7(10)15)8(12)16;;;;/h5-6,8-9,12,19-20,22H,1-4,14H2,(H2,15,21)(H,16,23);2-3,5-6,9,13-14,16H,1H2,(H2,10,15)(H2,17,18,19);2-3,5-6,9,13-15,17H,1H2,(H2,10,16);2-3,5-6,9,13-14,16H,1H3,(H2,10,15);4*1H4/p-5/t6-,8-,9-,12-;3*3-,5-,6-,9-;;;;/m1111..../s1. The molecule has 0 spiro atoms. The maximum atomic E-state index is 12.0. The van der Waals surface area contributed by atoms with Crippen LogP contribution < -0.4 is 59.3 Å². The van der Waals surface area contributed by atoms with Crippen molar-refractivity contribution in [3.8, 4) is 23.5 Å². The molecule has 86 heavy (non-hydrogen) atoms. The van der Waals surface area contributed by atoms with Crippen LogP contribution in [0, 0.1) is 0 Å². The highest BCUT2D eigenvalue weighted by Crippen LogP contribution is 2.38. The van der Waals surface area contributed by atoms with E-state index in [1.807, 2.05) is 0 Å². The number of phosphoric acid groups is 1. The van der Waals surface area contributed by atoms with Crippen molar-refractivity contribution < 1.29 is 133 Å². The molecule has 8 heterocycles. The van der Waals surface area contributed by atoms with Crippen molar-refractivity contribution in [2.24, 2.45) is 28.7 Å². The molecule has 21 N–H and O–H groups in total. The number of carbonyl (C=O) groups is 5. The highest BCUT2D eigenvalue weighted by molar-refractivity contribution is 7.44. The monoisotopic (exact) mass is 1260 g/mol. The molecule has 42 heteroatoms. The van der Waals surface area contributed by atoms with Crippen LogP contribution in [0.25, 0.3) is 0 Å². The van der Waals surface area contributed by atoms with Crippen molar-refractivity contribution in [2.45, 2.75) is 141 Å². The number of amides is 5. The van der Waals surface area contributed by atoms with Crippen LogP contribution >= 0.6 is 7.82 Å². The Kier molecular flexibility index (Phi) is 29.0. The van der Waals surface area contributed by atoms with Crippen molar-refractivity contribution in [3.63, 3.8) is 0 Å². The van der Waals surface area contributed by atoms with Gasteiger partial charge in [-0.05, 0) is 43.4 Å². The maximum absolute atomic E-state index is 12.0. The van der Waals surface area contributed by atoms with E-state index >= 15 is 0 Å². The summed E-state index contributed by atoms with van der Waals surface area (Å²) in [4.78, 5) is 88.3. The molecule has 17 atom stereocenters. The zero-order chi connectivity index (χ0) is 61.4. The van der Waals surface area contributed by atoms with Crippen LogP contribution in [-0.2, 0) is 32.8 Å². The molecule has 4 fully saturated rings. The zero-order valence-electron chi connectivity index (χ0n) is 42.1. The lowest BCUT2D eigenvalue weighted by molar-refractivity contribution is -0.284. The second-order valence-electron chi connectivity index (χ2n) is 17.6. The number of nitrogens with two attached hydrogens (primary N) is 5. The maximum Gasteiger partial charge on any atom is 0.407 e.